The van der Waals surface area contributed by atoms with Crippen molar-refractivity contribution in [3.8, 4) is 0 Å². The summed E-state index contributed by atoms with van der Waals surface area (Å²) in [7, 11) is 0. The number of hydrogen-bond acceptors (Lipinski definition) is 4. The molecule has 144 valence electrons. The van der Waals surface area contributed by atoms with Crippen LogP contribution in [0, 0.1) is 5.82 Å². The van der Waals surface area contributed by atoms with Gasteiger partial charge in [0.05, 0.1) is 16.5 Å². The second-order valence-corrected chi connectivity index (χ2v) is 7.28. The van der Waals surface area contributed by atoms with Gasteiger partial charge in [-0.25, -0.2) is 9.38 Å². The van der Waals surface area contributed by atoms with Gasteiger partial charge in [-0.1, -0.05) is 23.4 Å². The molecule has 0 atom stereocenters. The first-order valence-corrected chi connectivity index (χ1v) is 8.98. The summed E-state index contributed by atoms with van der Waals surface area (Å²) in [6.45, 7) is -1.59. The molecule has 0 spiro atoms. The number of carbonyl (C=O) groups is 1. The second-order valence-electron chi connectivity index (χ2n) is 4.92. The van der Waals surface area contributed by atoms with E-state index in [1.54, 1.807) is 0 Å². The lowest BCUT2D eigenvalue weighted by Gasteiger charge is -2.18. The van der Waals surface area contributed by atoms with Crippen LogP contribution in [0.15, 0.2) is 22.0 Å². The van der Waals surface area contributed by atoms with Crippen LogP contribution in [0.2, 0.25) is 5.02 Å². The van der Waals surface area contributed by atoms with Crippen LogP contribution in [-0.2, 0) is 4.79 Å². The molecule has 0 radical (unpaired) electrons. The SMILES string of the molecule is O=C1CSC(=Nc2cc(SCC(F)(F)F)c(Cl)cc2F)N1CC(F)(F)F. The maximum absolute atomic E-state index is 14.0. The van der Waals surface area contributed by atoms with E-state index in [1.807, 2.05) is 0 Å². The molecule has 0 bridgehead atoms. The van der Waals surface area contributed by atoms with E-state index in [1.165, 1.54) is 0 Å². The highest BCUT2D eigenvalue weighted by molar-refractivity contribution is 8.15. The van der Waals surface area contributed by atoms with Gasteiger partial charge in [-0.15, -0.1) is 11.8 Å². The normalized spacial score (nSPS) is 17.5. The number of rotatable bonds is 4. The van der Waals surface area contributed by atoms with E-state index in [4.69, 9.17) is 11.6 Å². The highest BCUT2D eigenvalue weighted by Crippen LogP contribution is 2.37. The number of halogens is 8. The van der Waals surface area contributed by atoms with Crippen molar-refractivity contribution in [2.45, 2.75) is 17.2 Å². The Bertz CT molecular complexity index is 736. The van der Waals surface area contributed by atoms with Crippen molar-refractivity contribution in [1.82, 2.24) is 4.90 Å². The molecule has 0 aromatic heterocycles. The lowest BCUT2D eigenvalue weighted by Crippen LogP contribution is -2.38. The average molecular weight is 441 g/mol. The number of amidine groups is 1. The molecule has 0 aliphatic carbocycles. The number of thioether (sulfide) groups is 2. The summed E-state index contributed by atoms with van der Waals surface area (Å²) in [5, 5.41) is -0.677. The van der Waals surface area contributed by atoms with Gasteiger partial charge in [-0.2, -0.15) is 26.3 Å². The highest BCUT2D eigenvalue weighted by atomic mass is 35.5. The van der Waals surface area contributed by atoms with Gasteiger partial charge in [0.1, 0.15) is 18.0 Å². The smallest absolute Gasteiger partial charge is 0.281 e. The number of amides is 1. The van der Waals surface area contributed by atoms with Gasteiger partial charge in [0.25, 0.3) is 0 Å². The van der Waals surface area contributed by atoms with Gasteiger partial charge < -0.3 is 0 Å². The van der Waals surface area contributed by atoms with Gasteiger partial charge in [-0.05, 0) is 12.1 Å². The third kappa shape index (κ3) is 5.95. The largest absolute Gasteiger partial charge is 0.406 e. The van der Waals surface area contributed by atoms with Crippen molar-refractivity contribution in [2.24, 2.45) is 4.99 Å². The Morgan fingerprint density at radius 2 is 1.85 bits per heavy atom. The zero-order chi connectivity index (χ0) is 19.7. The maximum atomic E-state index is 14.0. The fraction of sp³-hybridized carbons (Fsp3) is 0.385. The van der Waals surface area contributed by atoms with E-state index in [0.29, 0.717) is 16.7 Å². The Kier molecular flexibility index (Phi) is 6.39. The number of nitrogens with zero attached hydrogens (tertiary/aromatic N) is 2. The van der Waals surface area contributed by atoms with Crippen LogP contribution in [0.1, 0.15) is 0 Å². The van der Waals surface area contributed by atoms with Crippen LogP contribution in [0.25, 0.3) is 0 Å². The topological polar surface area (TPSA) is 32.7 Å². The molecule has 26 heavy (non-hydrogen) atoms. The van der Waals surface area contributed by atoms with Crippen LogP contribution < -0.4 is 0 Å². The van der Waals surface area contributed by atoms with E-state index >= 15 is 0 Å². The molecular weight excluding hydrogens is 433 g/mol. The van der Waals surface area contributed by atoms with Crippen LogP contribution in [0.3, 0.4) is 0 Å². The van der Waals surface area contributed by atoms with Gasteiger partial charge in [0.15, 0.2) is 5.17 Å². The zero-order valence-electron chi connectivity index (χ0n) is 12.4. The minimum absolute atomic E-state index is 0.138. The lowest BCUT2D eigenvalue weighted by molar-refractivity contribution is -0.150. The zero-order valence-corrected chi connectivity index (χ0v) is 14.8. The van der Waals surface area contributed by atoms with Crippen molar-refractivity contribution < 1.29 is 35.5 Å². The van der Waals surface area contributed by atoms with Gasteiger partial charge in [0.2, 0.25) is 5.91 Å². The number of hydrogen-bond donors (Lipinski definition) is 0. The number of carbonyl (C=O) groups excluding carboxylic acids is 1. The van der Waals surface area contributed by atoms with Crippen LogP contribution >= 0.6 is 35.1 Å². The Balaban J connectivity index is 2.32. The molecule has 1 aromatic rings. The van der Waals surface area contributed by atoms with Crippen molar-refractivity contribution >= 4 is 51.9 Å². The minimum atomic E-state index is -4.69. The summed E-state index contributed by atoms with van der Waals surface area (Å²) < 4.78 is 88.5. The minimum Gasteiger partial charge on any atom is -0.281 e. The maximum Gasteiger partial charge on any atom is 0.406 e. The molecule has 1 fully saturated rings. The highest BCUT2D eigenvalue weighted by Gasteiger charge is 2.39. The Hall–Kier alpha value is -1.14. The Labute approximate surface area is 156 Å². The van der Waals surface area contributed by atoms with Gasteiger partial charge in [-0.3, -0.25) is 9.69 Å². The van der Waals surface area contributed by atoms with E-state index in [9.17, 15) is 35.5 Å². The predicted molar refractivity (Wildman–Crippen MR) is 85.5 cm³/mol. The summed E-state index contributed by atoms with van der Waals surface area (Å²) in [6, 6.07) is 1.62. The molecule has 1 amide bonds. The van der Waals surface area contributed by atoms with Crippen molar-refractivity contribution in [3.63, 3.8) is 0 Å². The fourth-order valence-electron chi connectivity index (χ4n) is 1.79. The summed E-state index contributed by atoms with van der Waals surface area (Å²) >= 11 is 6.65. The summed E-state index contributed by atoms with van der Waals surface area (Å²) in [5.41, 5.74) is -0.511. The molecular formula is C13H8ClF7N2OS2. The van der Waals surface area contributed by atoms with Crippen molar-refractivity contribution in [3.05, 3.63) is 23.0 Å². The molecule has 1 aromatic carbocycles. The molecule has 13 heteroatoms. The predicted octanol–water partition coefficient (Wildman–Crippen LogP) is 5.26. The average Bonchev–Trinajstić information content (AvgIpc) is 2.79. The quantitative estimate of drug-likeness (QED) is 0.473. The Morgan fingerprint density at radius 1 is 1.19 bits per heavy atom. The molecule has 1 aliphatic heterocycles. The molecule has 0 unspecified atom stereocenters. The van der Waals surface area contributed by atoms with E-state index < -0.39 is 42.1 Å². The van der Waals surface area contributed by atoms with Gasteiger partial charge in [0, 0.05) is 4.90 Å². The number of aliphatic imine (C=N–C) groups is 1. The molecule has 1 saturated heterocycles. The fourth-order valence-corrected chi connectivity index (χ4v) is 3.71. The summed E-state index contributed by atoms with van der Waals surface area (Å²) in [6.07, 6.45) is -9.18. The standard InChI is InChI=1S/C13H8ClF7N2OS2/c14-6-1-7(15)8(2-9(6)26-5-13(19,20)21)22-11-23(4-12(16,17)18)10(24)3-25-11/h1-2H,3-5H2. The van der Waals surface area contributed by atoms with E-state index in [-0.39, 0.29) is 32.6 Å². The third-order valence-corrected chi connectivity index (χ3v) is 5.31. The Morgan fingerprint density at radius 3 is 2.42 bits per heavy atom. The molecule has 2 rings (SSSR count). The summed E-state index contributed by atoms with van der Waals surface area (Å²) in [4.78, 5) is 15.4. The molecule has 1 aliphatic rings. The first-order valence-electron chi connectivity index (χ1n) is 6.63. The van der Waals surface area contributed by atoms with Crippen molar-refractivity contribution in [1.29, 1.82) is 0 Å². The monoisotopic (exact) mass is 440 g/mol. The summed E-state index contributed by atoms with van der Waals surface area (Å²) in [5.74, 6) is -3.49. The van der Waals surface area contributed by atoms with Gasteiger partial charge >= 0.3 is 12.4 Å². The number of benzene rings is 1. The molecule has 0 N–H and O–H groups in total. The van der Waals surface area contributed by atoms with Crippen LogP contribution in [0.4, 0.5) is 36.4 Å². The lowest BCUT2D eigenvalue weighted by atomic mass is 10.3. The van der Waals surface area contributed by atoms with E-state index in [2.05, 4.69) is 4.99 Å². The molecule has 0 saturated carbocycles. The van der Waals surface area contributed by atoms with E-state index in [0.717, 1.165) is 12.1 Å². The first kappa shape index (κ1) is 21.2. The second kappa shape index (κ2) is 7.85. The molecule has 1 heterocycles. The van der Waals surface area contributed by atoms with Crippen LogP contribution in [-0.4, -0.2) is 46.4 Å². The third-order valence-electron chi connectivity index (χ3n) is 2.80. The van der Waals surface area contributed by atoms with Crippen molar-refractivity contribution in [2.75, 3.05) is 18.1 Å². The van der Waals surface area contributed by atoms with Crippen LogP contribution in [0.5, 0.6) is 0 Å². The number of alkyl halides is 6. The molecule has 3 nitrogen and oxygen atoms in total. The first-order chi connectivity index (χ1) is 11.9.